The Morgan fingerprint density at radius 3 is 2.22 bits per heavy atom. The van der Waals surface area contributed by atoms with Gasteiger partial charge in [-0.25, -0.2) is 0 Å². The number of benzene rings is 1. The molecule has 3 nitrogen and oxygen atoms in total. The molecule has 0 bridgehead atoms. The fourth-order valence-electron chi connectivity index (χ4n) is 2.33. The normalized spacial score (nSPS) is 19.6. The predicted octanol–water partition coefficient (Wildman–Crippen LogP) is 3.82. The van der Waals surface area contributed by atoms with Gasteiger partial charge < -0.3 is 14.0 Å². The summed E-state index contributed by atoms with van der Waals surface area (Å²) < 4.78 is 17.7. The lowest BCUT2D eigenvalue weighted by molar-refractivity contribution is 0.00578. The Morgan fingerprint density at radius 1 is 1.04 bits per heavy atom. The third kappa shape index (κ3) is 4.69. The lowest BCUT2D eigenvalue weighted by Gasteiger charge is -2.32. The lowest BCUT2D eigenvalue weighted by Crippen LogP contribution is -2.41. The molecule has 1 aliphatic heterocycles. The minimum atomic E-state index is -0.300. The summed E-state index contributed by atoms with van der Waals surface area (Å²) in [7, 11) is -0.296. The smallest absolute Gasteiger partial charge is 0.399 e. The van der Waals surface area contributed by atoms with Crippen molar-refractivity contribution in [1.29, 1.82) is 0 Å². The van der Waals surface area contributed by atoms with Gasteiger partial charge in [-0.1, -0.05) is 49.8 Å². The molecule has 0 aliphatic carbocycles. The fraction of sp³-hybridized carbons (Fsp3) is 0.579. The maximum absolute atomic E-state index is 6.07. The first-order valence-corrected chi connectivity index (χ1v) is 8.55. The Hall–Kier alpha value is -1.10. The Labute approximate surface area is 141 Å². The van der Waals surface area contributed by atoms with E-state index in [0.29, 0.717) is 6.61 Å². The zero-order valence-electron chi connectivity index (χ0n) is 15.1. The van der Waals surface area contributed by atoms with Crippen molar-refractivity contribution >= 4 is 18.7 Å². The van der Waals surface area contributed by atoms with Crippen molar-refractivity contribution in [2.45, 2.75) is 58.7 Å². The molecule has 0 N–H and O–H groups in total. The van der Waals surface area contributed by atoms with Crippen LogP contribution in [0.4, 0.5) is 0 Å². The summed E-state index contributed by atoms with van der Waals surface area (Å²) in [5, 5.41) is 0. The van der Waals surface area contributed by atoms with Gasteiger partial charge in [0.1, 0.15) is 0 Å². The van der Waals surface area contributed by atoms with Gasteiger partial charge in [-0.15, -0.1) is 0 Å². The van der Waals surface area contributed by atoms with Crippen molar-refractivity contribution in [2.24, 2.45) is 0 Å². The highest BCUT2D eigenvalue weighted by atomic mass is 16.7. The molecule has 1 heterocycles. The minimum Gasteiger partial charge on any atom is -0.399 e. The Bertz CT molecular complexity index is 504. The van der Waals surface area contributed by atoms with Crippen LogP contribution in [0.15, 0.2) is 30.3 Å². The molecule has 0 radical (unpaired) electrons. The van der Waals surface area contributed by atoms with Crippen molar-refractivity contribution in [2.75, 3.05) is 13.2 Å². The van der Waals surface area contributed by atoms with Crippen LogP contribution < -0.4 is 5.46 Å². The molecule has 0 aromatic heterocycles. The van der Waals surface area contributed by atoms with E-state index in [1.165, 1.54) is 6.42 Å². The van der Waals surface area contributed by atoms with Crippen LogP contribution in [0.2, 0.25) is 0 Å². The number of rotatable bonds is 7. The van der Waals surface area contributed by atoms with Crippen molar-refractivity contribution in [1.82, 2.24) is 0 Å². The van der Waals surface area contributed by atoms with Crippen molar-refractivity contribution in [3.63, 3.8) is 0 Å². The van der Waals surface area contributed by atoms with Crippen LogP contribution >= 0.6 is 0 Å². The van der Waals surface area contributed by atoms with Gasteiger partial charge in [-0.2, -0.15) is 0 Å². The van der Waals surface area contributed by atoms with E-state index in [1.807, 2.05) is 0 Å². The van der Waals surface area contributed by atoms with E-state index in [2.05, 4.69) is 71.0 Å². The van der Waals surface area contributed by atoms with Gasteiger partial charge in [0.05, 0.1) is 17.8 Å². The number of unbranched alkanes of at least 4 members (excludes halogenated alkanes) is 1. The van der Waals surface area contributed by atoms with Crippen LogP contribution in [0.1, 0.15) is 53.0 Å². The Balaban J connectivity index is 1.89. The van der Waals surface area contributed by atoms with E-state index in [4.69, 9.17) is 14.0 Å². The standard InChI is InChI=1S/C19H29BO3/c1-6-7-14-21-15-8-9-16-10-12-17(13-11-16)20-22-18(2,3)19(4,5)23-20/h8-13H,6-7,14-15H2,1-5H3/b9-8+. The third-order valence-electron chi connectivity index (χ3n) is 4.63. The topological polar surface area (TPSA) is 27.7 Å². The van der Waals surface area contributed by atoms with Gasteiger partial charge in [-0.05, 0) is 45.1 Å². The molecule has 1 saturated heterocycles. The zero-order chi connectivity index (χ0) is 16.9. The van der Waals surface area contributed by atoms with Gasteiger partial charge >= 0.3 is 7.12 Å². The van der Waals surface area contributed by atoms with Gasteiger partial charge in [0.25, 0.3) is 0 Å². The Kier molecular flexibility index (Phi) is 6.07. The highest BCUT2D eigenvalue weighted by molar-refractivity contribution is 6.62. The predicted molar refractivity (Wildman–Crippen MR) is 96.9 cm³/mol. The van der Waals surface area contributed by atoms with Crippen molar-refractivity contribution in [3.8, 4) is 0 Å². The van der Waals surface area contributed by atoms with Gasteiger partial charge in [-0.3, -0.25) is 0 Å². The molecule has 0 unspecified atom stereocenters. The van der Waals surface area contributed by atoms with Crippen LogP contribution in [-0.2, 0) is 14.0 Å². The van der Waals surface area contributed by atoms with Crippen LogP contribution in [0.25, 0.3) is 6.08 Å². The summed E-state index contributed by atoms with van der Waals surface area (Å²) in [5.41, 5.74) is 1.61. The van der Waals surface area contributed by atoms with E-state index in [-0.39, 0.29) is 18.3 Å². The average Bonchev–Trinajstić information content (AvgIpc) is 2.72. The Morgan fingerprint density at radius 2 is 1.65 bits per heavy atom. The molecule has 23 heavy (non-hydrogen) atoms. The number of hydrogen-bond donors (Lipinski definition) is 0. The molecule has 0 spiro atoms. The zero-order valence-corrected chi connectivity index (χ0v) is 15.1. The second-order valence-corrected chi connectivity index (χ2v) is 7.09. The molecule has 1 aliphatic rings. The number of hydrogen-bond acceptors (Lipinski definition) is 3. The lowest BCUT2D eigenvalue weighted by atomic mass is 9.79. The molecule has 126 valence electrons. The summed E-state index contributed by atoms with van der Waals surface area (Å²) in [4.78, 5) is 0. The summed E-state index contributed by atoms with van der Waals surface area (Å²) in [6, 6.07) is 8.31. The summed E-state index contributed by atoms with van der Waals surface area (Å²) >= 11 is 0. The molecule has 2 rings (SSSR count). The first-order valence-electron chi connectivity index (χ1n) is 8.55. The minimum absolute atomic E-state index is 0.296. The van der Waals surface area contributed by atoms with Crippen molar-refractivity contribution in [3.05, 3.63) is 35.9 Å². The fourth-order valence-corrected chi connectivity index (χ4v) is 2.33. The highest BCUT2D eigenvalue weighted by Gasteiger charge is 2.51. The first kappa shape index (κ1) is 18.2. The van der Waals surface area contributed by atoms with Crippen LogP contribution in [0, 0.1) is 0 Å². The molecule has 1 fully saturated rings. The largest absolute Gasteiger partial charge is 0.494 e. The number of ether oxygens (including phenoxy) is 1. The van der Waals surface area contributed by atoms with Crippen LogP contribution in [-0.4, -0.2) is 31.5 Å². The van der Waals surface area contributed by atoms with Gasteiger partial charge in [0.15, 0.2) is 0 Å². The maximum Gasteiger partial charge on any atom is 0.494 e. The average molecular weight is 316 g/mol. The maximum atomic E-state index is 6.07. The second-order valence-electron chi connectivity index (χ2n) is 7.09. The molecule has 0 atom stereocenters. The molecule has 4 heteroatoms. The van der Waals surface area contributed by atoms with E-state index in [0.717, 1.165) is 24.1 Å². The quantitative estimate of drug-likeness (QED) is 0.565. The van der Waals surface area contributed by atoms with Gasteiger partial charge in [0, 0.05) is 6.61 Å². The second kappa shape index (κ2) is 7.65. The van der Waals surface area contributed by atoms with E-state index in [1.54, 1.807) is 0 Å². The molecule has 1 aromatic carbocycles. The summed E-state index contributed by atoms with van der Waals surface area (Å²) in [6.45, 7) is 12.0. The van der Waals surface area contributed by atoms with E-state index in [9.17, 15) is 0 Å². The molecule has 1 aromatic rings. The monoisotopic (exact) mass is 316 g/mol. The van der Waals surface area contributed by atoms with Crippen LogP contribution in [0.5, 0.6) is 0 Å². The van der Waals surface area contributed by atoms with Gasteiger partial charge in [0.2, 0.25) is 0 Å². The third-order valence-corrected chi connectivity index (χ3v) is 4.63. The van der Waals surface area contributed by atoms with Crippen LogP contribution in [0.3, 0.4) is 0 Å². The molecular formula is C19H29BO3. The van der Waals surface area contributed by atoms with E-state index < -0.39 is 0 Å². The SMILES string of the molecule is CCCCOC/C=C/c1ccc(B2OC(C)(C)C(C)(C)O2)cc1. The summed E-state index contributed by atoms with van der Waals surface area (Å²) in [5.74, 6) is 0. The highest BCUT2D eigenvalue weighted by Crippen LogP contribution is 2.36. The van der Waals surface area contributed by atoms with Crippen molar-refractivity contribution < 1.29 is 14.0 Å². The first-order chi connectivity index (χ1) is 10.9. The molecular weight excluding hydrogens is 287 g/mol. The molecule has 0 amide bonds. The molecule has 0 saturated carbocycles. The summed E-state index contributed by atoms with van der Waals surface area (Å²) in [6.07, 6.45) is 6.43. The van der Waals surface area contributed by atoms with E-state index >= 15 is 0 Å².